The van der Waals surface area contributed by atoms with Crippen molar-refractivity contribution in [3.8, 4) is 28.3 Å². The first kappa shape index (κ1) is 30.9. The first-order valence-corrected chi connectivity index (χ1v) is 13.6. The van der Waals surface area contributed by atoms with E-state index in [9.17, 15) is 19.8 Å². The molecule has 222 valence electrons. The van der Waals surface area contributed by atoms with E-state index in [2.05, 4.69) is 15.6 Å². The quantitative estimate of drug-likeness (QED) is 0.223. The molecular weight excluding hydrogens is 562 g/mol. The fourth-order valence-corrected chi connectivity index (χ4v) is 4.93. The van der Waals surface area contributed by atoms with Crippen LogP contribution in [0.15, 0.2) is 60.3 Å². The van der Waals surface area contributed by atoms with Gasteiger partial charge in [-0.1, -0.05) is 48.0 Å². The predicted molar refractivity (Wildman–Crippen MR) is 159 cm³/mol. The maximum Gasteiger partial charge on any atom is 0.264 e. The van der Waals surface area contributed by atoms with Gasteiger partial charge in [0, 0.05) is 55.8 Å². The zero-order chi connectivity index (χ0) is 30.6. The number of carbonyl (C=O) groups excluding carboxylic acids is 2. The monoisotopic (exact) mass is 595 g/mol. The van der Waals surface area contributed by atoms with Crippen molar-refractivity contribution in [2.24, 2.45) is 0 Å². The smallest absolute Gasteiger partial charge is 0.264 e. The number of amides is 2. The second-order valence-corrected chi connectivity index (χ2v) is 10.3. The van der Waals surface area contributed by atoms with E-state index >= 15 is 0 Å². The van der Waals surface area contributed by atoms with Gasteiger partial charge in [0.15, 0.2) is 0 Å². The molecular formula is C30H34ClN5O6. The number of ether oxygens (including phenoxy) is 1. The van der Waals surface area contributed by atoms with Crippen molar-refractivity contribution in [2.45, 2.75) is 25.9 Å². The summed E-state index contributed by atoms with van der Waals surface area (Å²) in [6.07, 6.45) is -0.686. The molecule has 0 fully saturated rings. The number of rotatable bonds is 10. The van der Waals surface area contributed by atoms with Crippen LogP contribution in [0, 0.1) is 6.92 Å². The Hall–Kier alpha value is -4.00. The van der Waals surface area contributed by atoms with E-state index in [0.29, 0.717) is 34.4 Å². The number of methoxy groups -OCH3 is 1. The van der Waals surface area contributed by atoms with Gasteiger partial charge in [0.05, 0.1) is 30.5 Å². The van der Waals surface area contributed by atoms with Crippen molar-refractivity contribution < 1.29 is 29.6 Å². The number of benzene rings is 2. The number of aliphatic hydroxyl groups excluding tert-OH is 3. The van der Waals surface area contributed by atoms with E-state index in [1.54, 1.807) is 19.2 Å². The molecule has 12 heteroatoms. The van der Waals surface area contributed by atoms with Gasteiger partial charge in [-0.25, -0.2) is 4.98 Å². The molecule has 0 aliphatic carbocycles. The minimum Gasteiger partial charge on any atom is -0.481 e. The number of aliphatic hydroxyl groups is 3. The van der Waals surface area contributed by atoms with Gasteiger partial charge in [0.1, 0.15) is 5.57 Å². The molecule has 0 bridgehead atoms. The fraction of sp³-hybridized carbons (Fsp3) is 0.300. The number of likely N-dealkylation sites (N-methyl/N-ethyl adjacent to an activating group) is 1. The molecule has 5 N–H and O–H groups in total. The Kier molecular flexibility index (Phi) is 9.81. The number of aromatic nitrogens is 1. The molecule has 0 spiro atoms. The Bertz CT molecular complexity index is 1510. The zero-order valence-corrected chi connectivity index (χ0v) is 24.5. The highest BCUT2D eigenvalue weighted by Crippen LogP contribution is 2.39. The summed E-state index contributed by atoms with van der Waals surface area (Å²) in [6.45, 7) is 2.13. The molecule has 3 aromatic rings. The van der Waals surface area contributed by atoms with Crippen molar-refractivity contribution >= 4 is 29.1 Å². The number of carbonyl (C=O) groups is 2. The number of pyridine rings is 1. The molecule has 0 saturated heterocycles. The van der Waals surface area contributed by atoms with Crippen LogP contribution in [0.2, 0.25) is 5.02 Å². The Labute approximate surface area is 249 Å². The highest BCUT2D eigenvalue weighted by Gasteiger charge is 2.32. The van der Waals surface area contributed by atoms with Crippen molar-refractivity contribution in [1.29, 1.82) is 0 Å². The van der Waals surface area contributed by atoms with Crippen LogP contribution in [0.3, 0.4) is 0 Å². The molecule has 1 aliphatic heterocycles. The lowest BCUT2D eigenvalue weighted by Crippen LogP contribution is -2.51. The third-order valence-electron chi connectivity index (χ3n) is 7.02. The summed E-state index contributed by atoms with van der Waals surface area (Å²) in [5, 5.41) is 35.0. The second kappa shape index (κ2) is 13.3. The molecule has 0 saturated carbocycles. The van der Waals surface area contributed by atoms with Crippen LogP contribution in [-0.4, -0.2) is 88.7 Å². The zero-order valence-electron chi connectivity index (χ0n) is 23.8. The van der Waals surface area contributed by atoms with Crippen LogP contribution in [0.25, 0.3) is 22.4 Å². The van der Waals surface area contributed by atoms with Gasteiger partial charge >= 0.3 is 0 Å². The Morgan fingerprint density at radius 1 is 1.12 bits per heavy atom. The number of nitrogens with zero attached hydrogens (tertiary/aromatic N) is 3. The molecule has 1 aliphatic rings. The molecule has 42 heavy (non-hydrogen) atoms. The summed E-state index contributed by atoms with van der Waals surface area (Å²) in [5.74, 6) is -0.784. The first-order valence-electron chi connectivity index (χ1n) is 13.2. The highest BCUT2D eigenvalue weighted by atomic mass is 35.5. The largest absolute Gasteiger partial charge is 0.481 e. The van der Waals surface area contributed by atoms with Crippen molar-refractivity contribution in [2.75, 3.05) is 39.7 Å². The molecule has 1 aromatic heterocycles. The molecule has 2 amide bonds. The van der Waals surface area contributed by atoms with Crippen molar-refractivity contribution in [3.63, 3.8) is 0 Å². The van der Waals surface area contributed by atoms with E-state index in [1.807, 2.05) is 43.3 Å². The van der Waals surface area contributed by atoms with Gasteiger partial charge in [-0.15, -0.1) is 0 Å². The van der Waals surface area contributed by atoms with Gasteiger partial charge in [-0.2, -0.15) is 0 Å². The Morgan fingerprint density at radius 3 is 2.52 bits per heavy atom. The molecule has 4 rings (SSSR count). The number of nitrogens with one attached hydrogen (secondary N) is 2. The van der Waals surface area contributed by atoms with Crippen molar-refractivity contribution in [3.05, 3.63) is 76.5 Å². The molecule has 11 nitrogen and oxygen atoms in total. The number of hydrogen-bond acceptors (Lipinski definition) is 9. The summed E-state index contributed by atoms with van der Waals surface area (Å²) in [7, 11) is 4.51. The predicted octanol–water partition coefficient (Wildman–Crippen LogP) is 2.33. The Balaban J connectivity index is 1.61. The van der Waals surface area contributed by atoms with Crippen LogP contribution in [0.1, 0.15) is 11.1 Å². The average molecular weight is 596 g/mol. The lowest BCUT2D eigenvalue weighted by atomic mass is 9.96. The lowest BCUT2D eigenvalue weighted by Gasteiger charge is -2.35. The van der Waals surface area contributed by atoms with Gasteiger partial charge < -0.3 is 35.6 Å². The maximum atomic E-state index is 13.1. The fourth-order valence-electron chi connectivity index (χ4n) is 4.61. The average Bonchev–Trinajstić information content (AvgIpc) is 2.99. The third-order valence-corrected chi connectivity index (χ3v) is 7.43. The summed E-state index contributed by atoms with van der Waals surface area (Å²) < 4.78 is 5.50. The standard InChI is InChI=1S/C30H34ClN5O6/c1-17-20(7-6-10-24(17)33-27(39)23-15-35(2)30(41)36(3)29(23)40)21-8-5-9-22(26(21)31)25-12-11-18(28(34-25)42-4)13-32-14-19(38)16-37/h5-12,15,19,30,32,37-38,41H,13-14,16H2,1-4H3,(H,33,39)/t19-,30?/m1/s1. The topological polar surface area (TPSA) is 147 Å². The Morgan fingerprint density at radius 2 is 1.81 bits per heavy atom. The van der Waals surface area contributed by atoms with Crippen molar-refractivity contribution in [1.82, 2.24) is 20.1 Å². The van der Waals surface area contributed by atoms with Gasteiger partial charge in [0.25, 0.3) is 11.8 Å². The minimum atomic E-state index is -1.15. The minimum absolute atomic E-state index is 0.0987. The van der Waals surface area contributed by atoms with Crippen LogP contribution in [0.4, 0.5) is 5.69 Å². The maximum absolute atomic E-state index is 13.1. The highest BCUT2D eigenvalue weighted by molar-refractivity contribution is 6.36. The van der Waals surface area contributed by atoms with E-state index < -0.39 is 24.3 Å². The third kappa shape index (κ3) is 6.40. The molecule has 2 heterocycles. The molecule has 0 radical (unpaired) electrons. The summed E-state index contributed by atoms with van der Waals surface area (Å²) in [6, 6.07) is 14.7. The number of hydrogen-bond donors (Lipinski definition) is 5. The van der Waals surface area contributed by atoms with Crippen LogP contribution < -0.4 is 15.4 Å². The molecule has 1 unspecified atom stereocenters. The van der Waals surface area contributed by atoms with Gasteiger partial charge in [-0.05, 0) is 30.2 Å². The summed E-state index contributed by atoms with van der Waals surface area (Å²) in [5.41, 5.74) is 4.71. The summed E-state index contributed by atoms with van der Waals surface area (Å²) >= 11 is 6.94. The van der Waals surface area contributed by atoms with E-state index in [4.69, 9.17) is 21.4 Å². The molecule has 2 aromatic carbocycles. The SMILES string of the molecule is COc1nc(-c2cccc(-c3cccc(NC(=O)C4=CN(C)C(O)N(C)C4=O)c3C)c2Cl)ccc1CNC[C@@H](O)CO. The van der Waals surface area contributed by atoms with Gasteiger partial charge in [0.2, 0.25) is 12.2 Å². The second-order valence-electron chi connectivity index (χ2n) is 9.90. The van der Waals surface area contributed by atoms with Crippen LogP contribution >= 0.6 is 11.6 Å². The normalized spacial score (nSPS) is 15.9. The van der Waals surface area contributed by atoms with E-state index in [0.717, 1.165) is 27.2 Å². The van der Waals surface area contributed by atoms with E-state index in [-0.39, 0.29) is 18.7 Å². The van der Waals surface area contributed by atoms with Crippen LogP contribution in [0.5, 0.6) is 5.88 Å². The lowest BCUT2D eigenvalue weighted by molar-refractivity contribution is -0.148. The first-order chi connectivity index (χ1) is 20.1. The number of halogens is 1. The van der Waals surface area contributed by atoms with Crippen LogP contribution in [-0.2, 0) is 16.1 Å². The van der Waals surface area contributed by atoms with Gasteiger partial charge in [-0.3, -0.25) is 14.5 Å². The molecule has 2 atom stereocenters. The van der Waals surface area contributed by atoms with E-state index in [1.165, 1.54) is 25.3 Å². The number of anilines is 1. The summed E-state index contributed by atoms with van der Waals surface area (Å²) in [4.78, 5) is 32.8.